The van der Waals surface area contributed by atoms with Crippen molar-refractivity contribution in [2.75, 3.05) is 6.61 Å². The summed E-state index contributed by atoms with van der Waals surface area (Å²) in [6.07, 6.45) is 6.10. The second kappa shape index (κ2) is 8.68. The fourth-order valence-electron chi connectivity index (χ4n) is 2.90. The highest BCUT2D eigenvalue weighted by Crippen LogP contribution is 2.34. The number of ether oxygens (including phenoxy) is 3. The highest BCUT2D eigenvalue weighted by atomic mass is 16.7. The first kappa shape index (κ1) is 20.3. The van der Waals surface area contributed by atoms with Crippen molar-refractivity contribution in [1.82, 2.24) is 0 Å². The molecule has 1 aliphatic carbocycles. The van der Waals surface area contributed by atoms with E-state index in [1.807, 2.05) is 0 Å². The van der Waals surface area contributed by atoms with Crippen molar-refractivity contribution in [2.24, 2.45) is 0 Å². The van der Waals surface area contributed by atoms with Gasteiger partial charge >= 0.3 is 11.9 Å². The lowest BCUT2D eigenvalue weighted by Gasteiger charge is -2.24. The molecule has 3 rings (SSSR count). The van der Waals surface area contributed by atoms with Crippen LogP contribution in [-0.4, -0.2) is 52.9 Å². The zero-order valence-corrected chi connectivity index (χ0v) is 15.2. The van der Waals surface area contributed by atoms with Gasteiger partial charge in [-0.2, -0.15) is 0 Å². The molecule has 2 N–H and O–H groups in total. The molecule has 0 aromatic heterocycles. The van der Waals surface area contributed by atoms with Crippen LogP contribution in [0, 0.1) is 12.8 Å². The molecule has 1 aliphatic heterocycles. The van der Waals surface area contributed by atoms with Gasteiger partial charge in [0.2, 0.25) is 0 Å². The zero-order valence-electron chi connectivity index (χ0n) is 15.2. The molecular formula is C21H20O7. The first-order valence-corrected chi connectivity index (χ1v) is 8.84. The molecule has 7 heteroatoms. The monoisotopic (exact) mass is 384 g/mol. The van der Waals surface area contributed by atoms with Gasteiger partial charge in [-0.3, -0.25) is 0 Å². The van der Waals surface area contributed by atoms with Gasteiger partial charge in [0, 0.05) is 19.3 Å². The second-order valence-electron chi connectivity index (χ2n) is 6.36. The first-order valence-electron chi connectivity index (χ1n) is 8.84. The molecule has 7 nitrogen and oxygen atoms in total. The molecule has 146 valence electrons. The van der Waals surface area contributed by atoms with Crippen LogP contribution < -0.4 is 0 Å². The molecule has 1 heterocycles. The Morgan fingerprint density at radius 1 is 1.21 bits per heavy atom. The molecule has 0 bridgehead atoms. The molecular weight excluding hydrogens is 364 g/mol. The van der Waals surface area contributed by atoms with E-state index < -0.39 is 36.0 Å². The Morgan fingerprint density at radius 3 is 2.61 bits per heavy atom. The summed E-state index contributed by atoms with van der Waals surface area (Å²) < 4.78 is 16.1. The molecule has 28 heavy (non-hydrogen) atoms. The minimum atomic E-state index is -1.91. The molecule has 1 aromatic rings. The van der Waals surface area contributed by atoms with Crippen LogP contribution in [0.25, 0.3) is 0 Å². The summed E-state index contributed by atoms with van der Waals surface area (Å²) in [5, 5.41) is 20.9. The quantitative estimate of drug-likeness (QED) is 0.712. The van der Waals surface area contributed by atoms with Crippen LogP contribution in [-0.2, 0) is 19.0 Å². The lowest BCUT2D eigenvalue weighted by Crippen LogP contribution is -2.44. The molecule has 0 unspecified atom stereocenters. The smallest absolute Gasteiger partial charge is 0.338 e. The number of hydrogen-bond acceptors (Lipinski definition) is 7. The Labute approximate surface area is 163 Å². The summed E-state index contributed by atoms with van der Waals surface area (Å²) in [4.78, 5) is 24.5. The van der Waals surface area contributed by atoms with E-state index in [0.717, 1.165) is 0 Å². The number of allylic oxidation sites excluding steroid dienone is 2. The lowest BCUT2D eigenvalue weighted by molar-refractivity contribution is -0.232. The van der Waals surface area contributed by atoms with Crippen LogP contribution in [0.4, 0.5) is 0 Å². The molecule has 0 spiro atoms. The molecule has 1 saturated heterocycles. The summed E-state index contributed by atoms with van der Waals surface area (Å²) in [6, 6.07) is 8.23. The van der Waals surface area contributed by atoms with Gasteiger partial charge in [0.05, 0.1) is 11.1 Å². The van der Waals surface area contributed by atoms with E-state index in [4.69, 9.17) is 14.2 Å². The maximum absolute atomic E-state index is 12.4. The molecule has 2 aliphatic rings. The highest BCUT2D eigenvalue weighted by Gasteiger charge is 2.55. The Kier molecular flexibility index (Phi) is 6.28. The van der Waals surface area contributed by atoms with Crippen molar-refractivity contribution >= 4 is 11.9 Å². The predicted octanol–water partition coefficient (Wildman–Crippen LogP) is 1.27. The maximum Gasteiger partial charge on any atom is 0.338 e. The second-order valence-corrected chi connectivity index (χ2v) is 6.36. The number of hydrogen-bond donors (Lipinski definition) is 2. The number of aliphatic hydroxyl groups excluding tert-OH is 1. The van der Waals surface area contributed by atoms with E-state index in [1.54, 1.807) is 37.3 Å². The predicted molar refractivity (Wildman–Crippen MR) is 96.4 cm³/mol. The van der Waals surface area contributed by atoms with Crippen LogP contribution >= 0.6 is 0 Å². The van der Waals surface area contributed by atoms with Crippen molar-refractivity contribution in [3.63, 3.8) is 0 Å². The minimum Gasteiger partial charge on any atom is -0.459 e. The van der Waals surface area contributed by atoms with Gasteiger partial charge in [-0.25, -0.2) is 9.59 Å². The van der Waals surface area contributed by atoms with Gasteiger partial charge in [-0.15, -0.1) is 0 Å². The van der Waals surface area contributed by atoms with Crippen molar-refractivity contribution in [2.45, 2.75) is 37.4 Å². The van der Waals surface area contributed by atoms with Crippen molar-refractivity contribution in [3.05, 3.63) is 72.5 Å². The normalized spacial score (nSPS) is 29.2. The molecule has 0 saturated carbocycles. The van der Waals surface area contributed by atoms with E-state index in [1.165, 1.54) is 18.2 Å². The van der Waals surface area contributed by atoms with Gasteiger partial charge in [0.15, 0.2) is 11.9 Å². The van der Waals surface area contributed by atoms with Gasteiger partial charge in [0.25, 0.3) is 0 Å². The van der Waals surface area contributed by atoms with Crippen LogP contribution in [0.15, 0.2) is 54.1 Å². The number of carbonyl (C=O) groups is 2. The standard InChI is InChI=1S/C21H20O7/c1-2-21(25)18(22)17(27-20(24)15-11-7-4-8-12-15)16(28-21)13-26-19(23)14-9-5-3-6-10-14/h4-5,7-12,16-18,22,25H,2,13H2,1H3/t16-,17+,18-,21-/m1/s1. The number of carbonyl (C=O) groups excluding carboxylic acids is 2. The lowest BCUT2D eigenvalue weighted by atomic mass is 10.0. The third kappa shape index (κ3) is 4.32. The van der Waals surface area contributed by atoms with Crippen molar-refractivity contribution in [3.8, 4) is 0 Å². The van der Waals surface area contributed by atoms with E-state index in [-0.39, 0.29) is 24.2 Å². The number of rotatable bonds is 6. The summed E-state index contributed by atoms with van der Waals surface area (Å²) in [6.45, 7) is 1.30. The number of esters is 2. The van der Waals surface area contributed by atoms with Crippen molar-refractivity contribution < 1.29 is 34.0 Å². The number of benzene rings is 1. The van der Waals surface area contributed by atoms with Gasteiger partial charge in [-0.1, -0.05) is 43.4 Å². The van der Waals surface area contributed by atoms with E-state index >= 15 is 0 Å². The minimum absolute atomic E-state index is 0.0570. The Hall–Kier alpha value is -2.48. The third-order valence-corrected chi connectivity index (χ3v) is 4.53. The topological polar surface area (TPSA) is 102 Å². The average Bonchev–Trinajstić information content (AvgIpc) is 2.98. The fraction of sp³-hybridized carbons (Fsp3) is 0.333. The average molecular weight is 384 g/mol. The van der Waals surface area contributed by atoms with E-state index in [9.17, 15) is 19.8 Å². The Morgan fingerprint density at radius 2 is 1.96 bits per heavy atom. The third-order valence-electron chi connectivity index (χ3n) is 4.53. The van der Waals surface area contributed by atoms with Crippen LogP contribution in [0.1, 0.15) is 23.7 Å². The first-order chi connectivity index (χ1) is 13.4. The summed E-state index contributed by atoms with van der Waals surface area (Å²) in [7, 11) is 0. The molecule has 4 radical (unpaired) electrons. The van der Waals surface area contributed by atoms with Crippen LogP contribution in [0.5, 0.6) is 0 Å². The SMILES string of the molecule is CC[C@@]1(O)O[C@H](COC(=O)C2=C[C][C]C=C2)[C@H](OC(=O)c2ccccc2)[C@H]1O. The van der Waals surface area contributed by atoms with Crippen LogP contribution in [0.3, 0.4) is 0 Å². The van der Waals surface area contributed by atoms with Crippen molar-refractivity contribution in [1.29, 1.82) is 0 Å². The molecule has 0 amide bonds. The summed E-state index contributed by atoms with van der Waals surface area (Å²) in [5.74, 6) is -3.23. The van der Waals surface area contributed by atoms with E-state index in [0.29, 0.717) is 0 Å². The molecule has 1 aromatic carbocycles. The van der Waals surface area contributed by atoms with Gasteiger partial charge < -0.3 is 24.4 Å². The highest BCUT2D eigenvalue weighted by molar-refractivity contribution is 5.92. The van der Waals surface area contributed by atoms with E-state index in [2.05, 4.69) is 12.8 Å². The van der Waals surface area contributed by atoms with Crippen LogP contribution in [0.2, 0.25) is 0 Å². The Balaban J connectivity index is 1.69. The van der Waals surface area contributed by atoms with Gasteiger partial charge in [-0.05, 0) is 12.1 Å². The summed E-state index contributed by atoms with van der Waals surface area (Å²) in [5.41, 5.74) is 0.550. The molecule has 1 fully saturated rings. The zero-order chi connectivity index (χ0) is 20.1. The number of aliphatic hydroxyl groups is 2. The van der Waals surface area contributed by atoms with Gasteiger partial charge in [0.1, 0.15) is 18.8 Å². The fourth-order valence-corrected chi connectivity index (χ4v) is 2.90. The maximum atomic E-state index is 12.4. The molecule has 4 atom stereocenters. The Bertz CT molecular complexity index is 770. The largest absolute Gasteiger partial charge is 0.459 e. The summed E-state index contributed by atoms with van der Waals surface area (Å²) >= 11 is 0.